The van der Waals surface area contributed by atoms with Gasteiger partial charge >= 0.3 is 0 Å². The average molecular weight is 285 g/mol. The van der Waals surface area contributed by atoms with Gasteiger partial charge in [0.25, 0.3) is 0 Å². The lowest BCUT2D eigenvalue weighted by Gasteiger charge is -1.95. The minimum atomic E-state index is 0.598. The second-order valence-electron chi connectivity index (χ2n) is 3.51. The molecule has 86 valence electrons. The first kappa shape index (κ1) is 11.3. The molecule has 0 radical (unpaired) electrons. The molecule has 2 aromatic heterocycles. The predicted molar refractivity (Wildman–Crippen MR) is 62.9 cm³/mol. The average Bonchev–Trinajstić information content (AvgIpc) is 2.86. The van der Waals surface area contributed by atoms with Gasteiger partial charge in [-0.25, -0.2) is 4.68 Å². The molecule has 0 aliphatic heterocycles. The number of aryl methyl sites for hydroxylation is 1. The van der Waals surface area contributed by atoms with Crippen LogP contribution in [0.2, 0.25) is 0 Å². The molecule has 0 aromatic carbocycles. The molecule has 0 aliphatic carbocycles. The van der Waals surface area contributed by atoms with Crippen molar-refractivity contribution < 1.29 is 4.42 Å². The van der Waals surface area contributed by atoms with Gasteiger partial charge in [0.2, 0.25) is 0 Å². The minimum absolute atomic E-state index is 0.598. The summed E-state index contributed by atoms with van der Waals surface area (Å²) in [4.78, 5) is 0. The minimum Gasteiger partial charge on any atom is -0.452 e. The normalized spacial score (nSPS) is 10.9. The molecule has 0 spiro atoms. The van der Waals surface area contributed by atoms with Crippen LogP contribution in [0.15, 0.2) is 27.4 Å². The van der Waals surface area contributed by atoms with Crippen LogP contribution in [0, 0.1) is 0 Å². The summed E-state index contributed by atoms with van der Waals surface area (Å²) in [6.45, 7) is 1.28. The number of rotatable bonds is 5. The highest BCUT2D eigenvalue weighted by Crippen LogP contribution is 2.14. The van der Waals surface area contributed by atoms with Gasteiger partial charge in [0, 0.05) is 6.20 Å². The van der Waals surface area contributed by atoms with Crippen LogP contribution in [-0.2, 0) is 13.0 Å². The summed E-state index contributed by atoms with van der Waals surface area (Å²) in [5, 5.41) is 8.08. The number of halogens is 1. The Hall–Kier alpha value is -1.14. The zero-order valence-corrected chi connectivity index (χ0v) is 10.4. The molecule has 0 unspecified atom stereocenters. The standard InChI is InChI=1S/C10H13BrN4O/c11-10-4-3-9(16-10)7-15-6-8(13-14-15)2-1-5-12/h3-4,6H,1-2,5,7,12H2. The van der Waals surface area contributed by atoms with Crippen molar-refractivity contribution in [3.05, 3.63) is 34.5 Å². The Balaban J connectivity index is 1.97. The van der Waals surface area contributed by atoms with E-state index in [0.717, 1.165) is 29.0 Å². The third-order valence-corrected chi connectivity index (χ3v) is 2.60. The highest BCUT2D eigenvalue weighted by molar-refractivity contribution is 9.10. The van der Waals surface area contributed by atoms with Gasteiger partial charge in [-0.1, -0.05) is 5.21 Å². The monoisotopic (exact) mass is 284 g/mol. The fraction of sp³-hybridized carbons (Fsp3) is 0.400. The summed E-state index contributed by atoms with van der Waals surface area (Å²) in [6.07, 6.45) is 3.73. The molecule has 2 heterocycles. The summed E-state index contributed by atoms with van der Waals surface area (Å²) in [5.74, 6) is 0.849. The number of hydrogen-bond donors (Lipinski definition) is 1. The van der Waals surface area contributed by atoms with Gasteiger partial charge in [-0.2, -0.15) is 0 Å². The SMILES string of the molecule is NCCCc1cn(Cc2ccc(Br)o2)nn1. The first-order chi connectivity index (χ1) is 7.78. The molecule has 2 aromatic rings. The van der Waals surface area contributed by atoms with E-state index in [4.69, 9.17) is 10.2 Å². The van der Waals surface area contributed by atoms with E-state index in [1.165, 1.54) is 0 Å². The number of hydrogen-bond acceptors (Lipinski definition) is 4. The Labute approximate surface area is 102 Å². The Kier molecular flexibility index (Phi) is 3.74. The highest BCUT2D eigenvalue weighted by Gasteiger charge is 2.04. The summed E-state index contributed by atoms with van der Waals surface area (Å²) in [6, 6.07) is 3.77. The van der Waals surface area contributed by atoms with E-state index in [2.05, 4.69) is 26.2 Å². The predicted octanol–water partition coefficient (Wildman–Crippen LogP) is 1.57. The number of nitrogens with two attached hydrogens (primary N) is 1. The fourth-order valence-corrected chi connectivity index (χ4v) is 1.75. The molecule has 0 aliphatic rings. The van der Waals surface area contributed by atoms with Crippen LogP contribution < -0.4 is 5.73 Å². The largest absolute Gasteiger partial charge is 0.452 e. The van der Waals surface area contributed by atoms with Crippen molar-refractivity contribution in [3.63, 3.8) is 0 Å². The molecule has 16 heavy (non-hydrogen) atoms. The van der Waals surface area contributed by atoms with Crippen molar-refractivity contribution in [3.8, 4) is 0 Å². The number of nitrogens with zero attached hydrogens (tertiary/aromatic N) is 3. The van der Waals surface area contributed by atoms with Crippen LogP contribution in [0.25, 0.3) is 0 Å². The van der Waals surface area contributed by atoms with E-state index in [1.807, 2.05) is 18.3 Å². The van der Waals surface area contributed by atoms with E-state index >= 15 is 0 Å². The molecule has 0 fully saturated rings. The quantitative estimate of drug-likeness (QED) is 0.905. The molecule has 0 saturated heterocycles. The van der Waals surface area contributed by atoms with Crippen molar-refractivity contribution >= 4 is 15.9 Å². The summed E-state index contributed by atoms with van der Waals surface area (Å²) in [7, 11) is 0. The van der Waals surface area contributed by atoms with Gasteiger partial charge in [-0.15, -0.1) is 5.10 Å². The zero-order valence-electron chi connectivity index (χ0n) is 8.77. The molecule has 0 amide bonds. The Morgan fingerprint density at radius 1 is 1.44 bits per heavy atom. The molecule has 0 atom stereocenters. The third-order valence-electron chi connectivity index (χ3n) is 2.17. The lowest BCUT2D eigenvalue weighted by Crippen LogP contribution is -2.00. The lowest BCUT2D eigenvalue weighted by molar-refractivity contribution is 0.459. The van der Waals surface area contributed by atoms with Gasteiger partial charge in [-0.3, -0.25) is 0 Å². The number of furan rings is 1. The molecule has 2 N–H and O–H groups in total. The Morgan fingerprint density at radius 2 is 2.31 bits per heavy atom. The maximum absolute atomic E-state index is 5.43. The molecule has 0 saturated carbocycles. The number of aromatic nitrogens is 3. The lowest BCUT2D eigenvalue weighted by atomic mass is 10.2. The smallest absolute Gasteiger partial charge is 0.169 e. The summed E-state index contributed by atoms with van der Waals surface area (Å²) in [5.41, 5.74) is 6.40. The van der Waals surface area contributed by atoms with Crippen molar-refractivity contribution in [2.24, 2.45) is 5.73 Å². The van der Waals surface area contributed by atoms with Crippen molar-refractivity contribution in [2.75, 3.05) is 6.54 Å². The van der Waals surface area contributed by atoms with Crippen LogP contribution in [-0.4, -0.2) is 21.5 Å². The van der Waals surface area contributed by atoms with Gasteiger partial charge in [0.15, 0.2) is 4.67 Å². The van der Waals surface area contributed by atoms with Crippen molar-refractivity contribution in [1.29, 1.82) is 0 Å². The summed E-state index contributed by atoms with van der Waals surface area (Å²) >= 11 is 3.26. The molecule has 5 nitrogen and oxygen atoms in total. The van der Waals surface area contributed by atoms with Crippen molar-refractivity contribution in [2.45, 2.75) is 19.4 Å². The maximum Gasteiger partial charge on any atom is 0.169 e. The van der Waals surface area contributed by atoms with Gasteiger partial charge in [0.1, 0.15) is 12.3 Å². The van der Waals surface area contributed by atoms with Crippen LogP contribution in [0.1, 0.15) is 17.9 Å². The van der Waals surface area contributed by atoms with Crippen LogP contribution in [0.5, 0.6) is 0 Å². The first-order valence-electron chi connectivity index (χ1n) is 5.11. The first-order valence-corrected chi connectivity index (χ1v) is 5.90. The van der Waals surface area contributed by atoms with Gasteiger partial charge in [-0.05, 0) is 47.4 Å². The third kappa shape index (κ3) is 2.93. The van der Waals surface area contributed by atoms with Gasteiger partial charge in [0.05, 0.1) is 5.69 Å². The molecule has 0 bridgehead atoms. The molecule has 6 heteroatoms. The highest BCUT2D eigenvalue weighted by atomic mass is 79.9. The van der Waals surface area contributed by atoms with E-state index in [0.29, 0.717) is 13.1 Å². The zero-order chi connectivity index (χ0) is 11.4. The Morgan fingerprint density at radius 3 is 3.00 bits per heavy atom. The van der Waals surface area contributed by atoms with E-state index in [-0.39, 0.29) is 0 Å². The topological polar surface area (TPSA) is 69.9 Å². The Bertz CT molecular complexity index is 451. The summed E-state index contributed by atoms with van der Waals surface area (Å²) < 4.78 is 7.87. The van der Waals surface area contributed by atoms with Crippen molar-refractivity contribution in [1.82, 2.24) is 15.0 Å². The van der Waals surface area contributed by atoms with E-state index in [9.17, 15) is 0 Å². The maximum atomic E-state index is 5.43. The van der Waals surface area contributed by atoms with Crippen LogP contribution in [0.4, 0.5) is 0 Å². The van der Waals surface area contributed by atoms with Crippen LogP contribution >= 0.6 is 15.9 Å². The van der Waals surface area contributed by atoms with Crippen LogP contribution in [0.3, 0.4) is 0 Å². The van der Waals surface area contributed by atoms with Gasteiger partial charge < -0.3 is 10.2 Å². The molecular formula is C10H13BrN4O. The van der Waals surface area contributed by atoms with E-state index in [1.54, 1.807) is 4.68 Å². The second-order valence-corrected chi connectivity index (χ2v) is 4.29. The van der Waals surface area contributed by atoms with E-state index < -0.39 is 0 Å². The second kappa shape index (κ2) is 5.27. The fourth-order valence-electron chi connectivity index (χ4n) is 1.41. The molecule has 2 rings (SSSR count). The molecular weight excluding hydrogens is 272 g/mol.